The predicted octanol–water partition coefficient (Wildman–Crippen LogP) is 4.02. The van der Waals surface area contributed by atoms with Gasteiger partial charge in [0.05, 0.1) is 16.6 Å². The molecule has 0 fully saturated rings. The second-order valence-corrected chi connectivity index (χ2v) is 5.16. The van der Waals surface area contributed by atoms with Crippen molar-refractivity contribution < 1.29 is 13.2 Å². The summed E-state index contributed by atoms with van der Waals surface area (Å²) in [5.41, 5.74) is 1.19. The van der Waals surface area contributed by atoms with Crippen molar-refractivity contribution in [2.45, 2.75) is 19.0 Å². The van der Waals surface area contributed by atoms with E-state index < -0.39 is 11.7 Å². The third-order valence-electron chi connectivity index (χ3n) is 3.42. The SMILES string of the molecule is FC(F)(F)c1ccnc(NCCCc2nc3ccccc3[nH]2)c1. The van der Waals surface area contributed by atoms with Gasteiger partial charge in [-0.15, -0.1) is 0 Å². The van der Waals surface area contributed by atoms with E-state index in [0.717, 1.165) is 41.6 Å². The first-order valence-electron chi connectivity index (χ1n) is 7.23. The summed E-state index contributed by atoms with van der Waals surface area (Å²) in [4.78, 5) is 11.6. The smallest absolute Gasteiger partial charge is 0.370 e. The lowest BCUT2D eigenvalue weighted by Gasteiger charge is -2.09. The average Bonchev–Trinajstić information content (AvgIpc) is 2.94. The predicted molar refractivity (Wildman–Crippen MR) is 82.1 cm³/mol. The fourth-order valence-electron chi connectivity index (χ4n) is 2.30. The highest BCUT2D eigenvalue weighted by atomic mass is 19.4. The van der Waals surface area contributed by atoms with Crippen LogP contribution in [0.15, 0.2) is 42.6 Å². The van der Waals surface area contributed by atoms with Crippen LogP contribution in [0, 0.1) is 0 Å². The first-order chi connectivity index (χ1) is 11.0. The Kier molecular flexibility index (Phi) is 4.18. The van der Waals surface area contributed by atoms with Crippen LogP contribution in [-0.2, 0) is 12.6 Å². The number of hydrogen-bond donors (Lipinski definition) is 2. The summed E-state index contributed by atoms with van der Waals surface area (Å²) >= 11 is 0. The Balaban J connectivity index is 1.53. The van der Waals surface area contributed by atoms with Crippen molar-refractivity contribution in [3.05, 3.63) is 54.0 Å². The second-order valence-electron chi connectivity index (χ2n) is 5.16. The van der Waals surface area contributed by atoms with Crippen LogP contribution in [-0.4, -0.2) is 21.5 Å². The largest absolute Gasteiger partial charge is 0.416 e. The molecule has 0 unspecified atom stereocenters. The highest BCUT2D eigenvalue weighted by molar-refractivity contribution is 5.74. The third-order valence-corrected chi connectivity index (χ3v) is 3.42. The van der Waals surface area contributed by atoms with Gasteiger partial charge in [-0.3, -0.25) is 0 Å². The van der Waals surface area contributed by atoms with Crippen LogP contribution >= 0.6 is 0 Å². The summed E-state index contributed by atoms with van der Waals surface area (Å²) in [7, 11) is 0. The number of hydrogen-bond acceptors (Lipinski definition) is 3. The zero-order chi connectivity index (χ0) is 16.3. The van der Waals surface area contributed by atoms with Gasteiger partial charge in [-0.1, -0.05) is 12.1 Å². The van der Waals surface area contributed by atoms with Gasteiger partial charge in [0.2, 0.25) is 0 Å². The van der Waals surface area contributed by atoms with Gasteiger partial charge in [0.15, 0.2) is 0 Å². The molecule has 0 bridgehead atoms. The van der Waals surface area contributed by atoms with Gasteiger partial charge in [0, 0.05) is 19.2 Å². The number of aromatic amines is 1. The Morgan fingerprint density at radius 1 is 1.13 bits per heavy atom. The Bertz CT molecular complexity index is 762. The molecule has 2 heterocycles. The lowest BCUT2D eigenvalue weighted by atomic mass is 10.2. The number of anilines is 1. The lowest BCUT2D eigenvalue weighted by molar-refractivity contribution is -0.137. The van der Waals surface area contributed by atoms with Gasteiger partial charge in [0.1, 0.15) is 11.6 Å². The van der Waals surface area contributed by atoms with E-state index in [0.29, 0.717) is 13.0 Å². The fourth-order valence-corrected chi connectivity index (χ4v) is 2.30. The molecule has 3 rings (SSSR count). The summed E-state index contributed by atoms with van der Waals surface area (Å²) in [5.74, 6) is 1.09. The number of nitrogens with zero attached hydrogens (tertiary/aromatic N) is 2. The van der Waals surface area contributed by atoms with Crippen molar-refractivity contribution in [1.82, 2.24) is 15.0 Å². The van der Waals surface area contributed by atoms with Crippen molar-refractivity contribution in [3.63, 3.8) is 0 Å². The molecule has 0 atom stereocenters. The van der Waals surface area contributed by atoms with Crippen LogP contribution in [0.5, 0.6) is 0 Å². The second kappa shape index (κ2) is 6.28. The molecule has 23 heavy (non-hydrogen) atoms. The van der Waals surface area contributed by atoms with Crippen LogP contribution in [0.3, 0.4) is 0 Å². The molecule has 0 amide bonds. The number of benzene rings is 1. The summed E-state index contributed by atoms with van der Waals surface area (Å²) < 4.78 is 37.8. The Labute approximate surface area is 130 Å². The molecule has 2 N–H and O–H groups in total. The van der Waals surface area contributed by atoms with Crippen molar-refractivity contribution in [2.24, 2.45) is 0 Å². The molecule has 3 aromatic rings. The van der Waals surface area contributed by atoms with E-state index in [2.05, 4.69) is 20.3 Å². The molecule has 2 aromatic heterocycles. The van der Waals surface area contributed by atoms with E-state index in [1.807, 2.05) is 24.3 Å². The van der Waals surface area contributed by atoms with Crippen LogP contribution in [0.2, 0.25) is 0 Å². The molecule has 0 spiro atoms. The number of imidazole rings is 1. The maximum atomic E-state index is 12.6. The number of nitrogens with one attached hydrogen (secondary N) is 2. The topological polar surface area (TPSA) is 53.6 Å². The Hall–Kier alpha value is -2.57. The van der Waals surface area contributed by atoms with Gasteiger partial charge in [-0.25, -0.2) is 9.97 Å². The number of aromatic nitrogens is 3. The van der Waals surface area contributed by atoms with Gasteiger partial charge in [-0.05, 0) is 30.7 Å². The van der Waals surface area contributed by atoms with Crippen LogP contribution in [0.1, 0.15) is 17.8 Å². The van der Waals surface area contributed by atoms with E-state index in [1.165, 1.54) is 0 Å². The minimum Gasteiger partial charge on any atom is -0.370 e. The highest BCUT2D eigenvalue weighted by Gasteiger charge is 2.30. The van der Waals surface area contributed by atoms with Gasteiger partial charge in [0.25, 0.3) is 0 Å². The molecule has 1 aromatic carbocycles. The first-order valence-corrected chi connectivity index (χ1v) is 7.23. The molecule has 0 saturated carbocycles. The lowest BCUT2D eigenvalue weighted by Crippen LogP contribution is -2.09. The Morgan fingerprint density at radius 3 is 2.74 bits per heavy atom. The van der Waals surface area contributed by atoms with Crippen LogP contribution in [0.4, 0.5) is 19.0 Å². The van der Waals surface area contributed by atoms with Gasteiger partial charge in [-0.2, -0.15) is 13.2 Å². The van der Waals surface area contributed by atoms with Gasteiger partial charge < -0.3 is 10.3 Å². The Morgan fingerprint density at radius 2 is 1.96 bits per heavy atom. The van der Waals surface area contributed by atoms with Crippen molar-refractivity contribution in [3.8, 4) is 0 Å². The number of rotatable bonds is 5. The number of H-pyrrole nitrogens is 1. The van der Waals surface area contributed by atoms with Gasteiger partial charge >= 0.3 is 6.18 Å². The van der Waals surface area contributed by atoms with E-state index in [9.17, 15) is 13.2 Å². The van der Waals surface area contributed by atoms with E-state index in [1.54, 1.807) is 0 Å². The van der Waals surface area contributed by atoms with E-state index >= 15 is 0 Å². The minimum atomic E-state index is -4.35. The zero-order valence-corrected chi connectivity index (χ0v) is 12.2. The third kappa shape index (κ3) is 3.80. The summed E-state index contributed by atoms with van der Waals surface area (Å²) in [6.45, 7) is 0.519. The number of pyridine rings is 1. The minimum absolute atomic E-state index is 0.226. The average molecular weight is 320 g/mol. The molecule has 7 heteroatoms. The molecular weight excluding hydrogens is 305 g/mol. The highest BCUT2D eigenvalue weighted by Crippen LogP contribution is 2.29. The van der Waals surface area contributed by atoms with Crippen molar-refractivity contribution in [2.75, 3.05) is 11.9 Å². The number of aryl methyl sites for hydroxylation is 1. The van der Waals surface area contributed by atoms with E-state index in [4.69, 9.17) is 0 Å². The van der Waals surface area contributed by atoms with Crippen molar-refractivity contribution >= 4 is 16.9 Å². The molecular formula is C16H15F3N4. The number of halogens is 3. The van der Waals surface area contributed by atoms with Crippen molar-refractivity contribution in [1.29, 1.82) is 0 Å². The summed E-state index contributed by atoms with van der Waals surface area (Å²) in [6.07, 6.45) is -1.75. The number of alkyl halides is 3. The molecule has 0 aliphatic heterocycles. The molecule has 0 aliphatic carbocycles. The number of fused-ring (bicyclic) bond motifs is 1. The monoisotopic (exact) mass is 320 g/mol. The number of para-hydroxylation sites is 2. The van der Waals surface area contributed by atoms with Crippen LogP contribution in [0.25, 0.3) is 11.0 Å². The normalized spacial score (nSPS) is 11.8. The molecule has 4 nitrogen and oxygen atoms in total. The maximum Gasteiger partial charge on any atom is 0.416 e. The summed E-state index contributed by atoms with van der Waals surface area (Å²) in [5, 5.41) is 2.91. The molecule has 0 aliphatic rings. The quantitative estimate of drug-likeness (QED) is 0.698. The molecule has 120 valence electrons. The van der Waals surface area contributed by atoms with E-state index in [-0.39, 0.29) is 5.82 Å². The fraction of sp³-hybridized carbons (Fsp3) is 0.250. The zero-order valence-electron chi connectivity index (χ0n) is 12.2. The first kappa shape index (κ1) is 15.3. The summed E-state index contributed by atoms with van der Waals surface area (Å²) in [6, 6.07) is 9.72. The maximum absolute atomic E-state index is 12.6. The molecule has 0 radical (unpaired) electrons. The van der Waals surface area contributed by atoms with Crippen LogP contribution < -0.4 is 5.32 Å². The molecule has 0 saturated heterocycles. The standard InChI is InChI=1S/C16H15F3N4/c17-16(18,19)11-7-9-21-15(10-11)20-8-3-6-14-22-12-4-1-2-5-13(12)23-14/h1-2,4-5,7,9-10H,3,6,8H2,(H,20,21)(H,22,23).